The second-order valence-electron chi connectivity index (χ2n) is 8.19. The molecule has 0 radical (unpaired) electrons. The van der Waals surface area contributed by atoms with Crippen molar-refractivity contribution >= 4 is 28.3 Å². The predicted molar refractivity (Wildman–Crippen MR) is 122 cm³/mol. The van der Waals surface area contributed by atoms with Gasteiger partial charge in [-0.15, -0.1) is 0 Å². The zero-order valence-electron chi connectivity index (χ0n) is 17.9. The average molecular weight is 404 g/mol. The van der Waals surface area contributed by atoms with Gasteiger partial charge in [-0.2, -0.15) is 0 Å². The van der Waals surface area contributed by atoms with Crippen LogP contribution in [0.25, 0.3) is 10.9 Å². The van der Waals surface area contributed by atoms with Gasteiger partial charge in [-0.05, 0) is 75.4 Å². The quantitative estimate of drug-likeness (QED) is 0.632. The number of aryl methyl sites for hydroxylation is 2. The number of nitrogens with zero attached hydrogens (tertiary/aromatic N) is 2. The van der Waals surface area contributed by atoms with Gasteiger partial charge < -0.3 is 15.0 Å². The molecule has 0 saturated carbocycles. The van der Waals surface area contributed by atoms with E-state index < -0.39 is 0 Å². The van der Waals surface area contributed by atoms with E-state index >= 15 is 0 Å². The summed E-state index contributed by atoms with van der Waals surface area (Å²) < 4.78 is 5.90. The van der Waals surface area contributed by atoms with E-state index in [9.17, 15) is 4.79 Å². The largest absolute Gasteiger partial charge is 0.481 e. The van der Waals surface area contributed by atoms with Gasteiger partial charge in [0.25, 0.3) is 5.91 Å². The van der Waals surface area contributed by atoms with Crippen LogP contribution < -0.4 is 15.0 Å². The van der Waals surface area contributed by atoms with Crippen LogP contribution in [-0.4, -0.2) is 30.1 Å². The maximum Gasteiger partial charge on any atom is 0.262 e. The Bertz CT molecular complexity index is 1060. The normalized spacial score (nSPS) is 16.5. The van der Waals surface area contributed by atoms with Crippen LogP contribution in [0.5, 0.6) is 5.75 Å². The third kappa shape index (κ3) is 4.40. The van der Waals surface area contributed by atoms with E-state index in [1.165, 1.54) is 19.3 Å². The van der Waals surface area contributed by atoms with Gasteiger partial charge >= 0.3 is 0 Å². The molecule has 30 heavy (non-hydrogen) atoms. The van der Waals surface area contributed by atoms with Gasteiger partial charge in [0.2, 0.25) is 0 Å². The highest BCUT2D eigenvalue weighted by Crippen LogP contribution is 2.29. The number of fused-ring (bicyclic) bond motifs is 1. The summed E-state index contributed by atoms with van der Waals surface area (Å²) in [5, 5.41) is 3.96. The first-order valence-electron chi connectivity index (χ1n) is 10.7. The van der Waals surface area contributed by atoms with E-state index in [0.717, 1.165) is 40.1 Å². The van der Waals surface area contributed by atoms with Crippen molar-refractivity contribution in [3.05, 3.63) is 59.7 Å². The van der Waals surface area contributed by atoms with Crippen molar-refractivity contribution in [2.45, 2.75) is 46.1 Å². The van der Waals surface area contributed by atoms with Crippen molar-refractivity contribution in [3.63, 3.8) is 0 Å². The van der Waals surface area contributed by atoms with Gasteiger partial charge in [-0.1, -0.05) is 24.3 Å². The lowest BCUT2D eigenvalue weighted by Gasteiger charge is -2.34. The van der Waals surface area contributed by atoms with Crippen LogP contribution in [0.15, 0.2) is 48.5 Å². The molecule has 2 aromatic carbocycles. The second-order valence-corrected chi connectivity index (χ2v) is 8.19. The minimum Gasteiger partial charge on any atom is -0.481 e. The predicted octanol–water partition coefficient (Wildman–Crippen LogP) is 5.25. The van der Waals surface area contributed by atoms with Crippen LogP contribution in [0, 0.1) is 13.8 Å². The minimum atomic E-state index is -0.179. The van der Waals surface area contributed by atoms with Crippen LogP contribution in [0.3, 0.4) is 0 Å². The highest BCUT2D eigenvalue weighted by Gasteiger charge is 2.20. The molecule has 1 aliphatic heterocycles. The molecule has 1 fully saturated rings. The van der Waals surface area contributed by atoms with Crippen LogP contribution in [0.4, 0.5) is 11.5 Å². The molecule has 0 aliphatic carbocycles. The zero-order valence-corrected chi connectivity index (χ0v) is 17.9. The SMILES string of the molecule is Cc1ccc(C)c(NC(=O)COc2cccc3ccc(N4CCCCC4C)nc23)c1. The molecule has 1 amide bonds. The number of ether oxygens (including phenoxy) is 1. The molecule has 156 valence electrons. The molecule has 1 aromatic heterocycles. The van der Waals surface area contributed by atoms with E-state index in [1.807, 2.05) is 50.2 Å². The van der Waals surface area contributed by atoms with E-state index in [0.29, 0.717) is 11.8 Å². The molecule has 4 rings (SSSR count). The van der Waals surface area contributed by atoms with Crippen molar-refractivity contribution < 1.29 is 9.53 Å². The van der Waals surface area contributed by atoms with Gasteiger partial charge in [-0.3, -0.25) is 4.79 Å². The average Bonchev–Trinajstić information content (AvgIpc) is 2.75. The first-order chi connectivity index (χ1) is 14.5. The lowest BCUT2D eigenvalue weighted by molar-refractivity contribution is -0.118. The summed E-state index contributed by atoms with van der Waals surface area (Å²) in [4.78, 5) is 19.8. The monoisotopic (exact) mass is 403 g/mol. The Balaban J connectivity index is 1.51. The summed E-state index contributed by atoms with van der Waals surface area (Å²) in [6, 6.07) is 16.5. The van der Waals surface area contributed by atoms with Gasteiger partial charge in [0, 0.05) is 23.7 Å². The lowest BCUT2D eigenvalue weighted by atomic mass is 10.0. The zero-order chi connectivity index (χ0) is 21.1. The van der Waals surface area contributed by atoms with E-state index in [1.54, 1.807) is 0 Å². The standard InChI is InChI=1S/C25H29N3O2/c1-17-10-11-18(2)21(15-17)26-24(29)16-30-22-9-6-8-20-12-13-23(27-25(20)22)28-14-5-4-7-19(28)3/h6,8-13,15,19H,4-5,7,14,16H2,1-3H3,(H,26,29). The molecule has 3 aromatic rings. The number of hydrogen-bond donors (Lipinski definition) is 1. The topological polar surface area (TPSA) is 54.5 Å². The number of amides is 1. The first-order valence-corrected chi connectivity index (χ1v) is 10.7. The Morgan fingerprint density at radius 3 is 2.87 bits per heavy atom. The Hall–Kier alpha value is -3.08. The molecule has 1 N–H and O–H groups in total. The summed E-state index contributed by atoms with van der Waals surface area (Å²) in [7, 11) is 0. The summed E-state index contributed by atoms with van der Waals surface area (Å²) in [6.07, 6.45) is 3.66. The number of carbonyl (C=O) groups is 1. The number of benzene rings is 2. The summed E-state index contributed by atoms with van der Waals surface area (Å²) in [5.41, 5.74) is 3.75. The summed E-state index contributed by atoms with van der Waals surface area (Å²) >= 11 is 0. The number of aromatic nitrogens is 1. The molecule has 1 aliphatic rings. The third-order valence-corrected chi connectivity index (χ3v) is 5.79. The Labute approximate surface area is 178 Å². The number of hydrogen-bond acceptors (Lipinski definition) is 4. The highest BCUT2D eigenvalue weighted by atomic mass is 16.5. The number of piperidine rings is 1. The Morgan fingerprint density at radius 1 is 1.17 bits per heavy atom. The van der Waals surface area contributed by atoms with Gasteiger partial charge in [0.15, 0.2) is 6.61 Å². The van der Waals surface area contributed by atoms with Gasteiger partial charge in [0.05, 0.1) is 0 Å². The van der Waals surface area contributed by atoms with E-state index in [-0.39, 0.29) is 12.5 Å². The molecular formula is C25H29N3O2. The van der Waals surface area contributed by atoms with Crippen LogP contribution in [0.1, 0.15) is 37.3 Å². The fourth-order valence-electron chi connectivity index (χ4n) is 4.02. The summed E-state index contributed by atoms with van der Waals surface area (Å²) in [5.74, 6) is 1.43. The second kappa shape index (κ2) is 8.74. The van der Waals surface area contributed by atoms with Gasteiger partial charge in [-0.25, -0.2) is 4.98 Å². The number of pyridine rings is 1. The van der Waals surface area contributed by atoms with E-state index in [4.69, 9.17) is 9.72 Å². The van der Waals surface area contributed by atoms with Crippen molar-refractivity contribution in [1.82, 2.24) is 4.98 Å². The van der Waals surface area contributed by atoms with Crippen molar-refractivity contribution in [1.29, 1.82) is 0 Å². The smallest absolute Gasteiger partial charge is 0.262 e. The van der Waals surface area contributed by atoms with Crippen molar-refractivity contribution in [3.8, 4) is 5.75 Å². The fourth-order valence-corrected chi connectivity index (χ4v) is 4.02. The lowest BCUT2D eigenvalue weighted by Crippen LogP contribution is -2.37. The number of carbonyl (C=O) groups excluding carboxylic acids is 1. The maximum absolute atomic E-state index is 12.5. The molecule has 0 bridgehead atoms. The molecule has 2 heterocycles. The van der Waals surface area contributed by atoms with E-state index in [2.05, 4.69) is 29.3 Å². The van der Waals surface area contributed by atoms with Crippen LogP contribution >= 0.6 is 0 Å². The van der Waals surface area contributed by atoms with Crippen LogP contribution in [0.2, 0.25) is 0 Å². The molecule has 1 saturated heterocycles. The molecule has 1 atom stereocenters. The van der Waals surface area contributed by atoms with Crippen molar-refractivity contribution in [2.24, 2.45) is 0 Å². The maximum atomic E-state index is 12.5. The number of para-hydroxylation sites is 1. The molecule has 5 nitrogen and oxygen atoms in total. The van der Waals surface area contributed by atoms with Crippen molar-refractivity contribution in [2.75, 3.05) is 23.4 Å². The first kappa shape index (κ1) is 20.2. The highest BCUT2D eigenvalue weighted by molar-refractivity contribution is 5.93. The number of anilines is 2. The molecule has 5 heteroatoms. The Kier molecular flexibility index (Phi) is 5.88. The molecular weight excluding hydrogens is 374 g/mol. The van der Waals surface area contributed by atoms with Gasteiger partial charge in [0.1, 0.15) is 17.1 Å². The number of nitrogens with one attached hydrogen (secondary N) is 1. The third-order valence-electron chi connectivity index (χ3n) is 5.79. The molecule has 0 spiro atoms. The Morgan fingerprint density at radius 2 is 2.03 bits per heavy atom. The summed E-state index contributed by atoms with van der Waals surface area (Å²) in [6.45, 7) is 7.21. The molecule has 1 unspecified atom stereocenters. The minimum absolute atomic E-state index is 0.0570. The fraction of sp³-hybridized carbons (Fsp3) is 0.360. The van der Waals surface area contributed by atoms with Crippen LogP contribution in [-0.2, 0) is 4.79 Å². The number of rotatable bonds is 5.